The molecule has 1 N–H and O–H groups in total. The predicted molar refractivity (Wildman–Crippen MR) is 110 cm³/mol. The standard InChI is InChI=1S/C21H18N6O5/c1-30-17-10-6-5-9-15(17)23-19(28)11-18-24-20(32-26-18)13-31-21(29)16-12-22-27(25-16)14-7-3-2-4-8-14/h2-10,12H,11,13H2,1H3,(H,23,28). The first-order valence-electron chi connectivity index (χ1n) is 9.51. The molecule has 162 valence electrons. The van der Waals surface area contributed by atoms with Gasteiger partial charge in [0.05, 0.1) is 31.1 Å². The molecule has 4 rings (SSSR count). The van der Waals surface area contributed by atoms with Crippen molar-refractivity contribution in [2.75, 3.05) is 12.4 Å². The Labute approximate surface area is 182 Å². The quantitative estimate of drug-likeness (QED) is 0.414. The summed E-state index contributed by atoms with van der Waals surface area (Å²) < 4.78 is 15.4. The minimum atomic E-state index is -0.694. The molecule has 2 heterocycles. The van der Waals surface area contributed by atoms with Crippen LogP contribution in [0, 0.1) is 0 Å². The number of para-hydroxylation sites is 3. The maximum atomic E-state index is 12.2. The van der Waals surface area contributed by atoms with Crippen LogP contribution in [0.3, 0.4) is 0 Å². The molecular weight excluding hydrogens is 416 g/mol. The molecule has 0 aliphatic carbocycles. The van der Waals surface area contributed by atoms with Crippen LogP contribution in [-0.4, -0.2) is 44.1 Å². The van der Waals surface area contributed by atoms with E-state index in [0.29, 0.717) is 17.1 Å². The van der Waals surface area contributed by atoms with E-state index >= 15 is 0 Å². The second kappa shape index (κ2) is 9.51. The first-order chi connectivity index (χ1) is 15.6. The van der Waals surface area contributed by atoms with Crippen LogP contribution in [0.1, 0.15) is 22.2 Å². The zero-order chi connectivity index (χ0) is 22.3. The van der Waals surface area contributed by atoms with Crippen LogP contribution >= 0.6 is 0 Å². The van der Waals surface area contributed by atoms with Crippen molar-refractivity contribution in [3.8, 4) is 11.4 Å². The number of methoxy groups -OCH3 is 1. The number of esters is 1. The van der Waals surface area contributed by atoms with E-state index in [9.17, 15) is 9.59 Å². The van der Waals surface area contributed by atoms with Crippen molar-refractivity contribution in [1.29, 1.82) is 0 Å². The fraction of sp³-hybridized carbons (Fsp3) is 0.143. The summed E-state index contributed by atoms with van der Waals surface area (Å²) in [4.78, 5) is 29.8. The van der Waals surface area contributed by atoms with Gasteiger partial charge >= 0.3 is 5.97 Å². The summed E-state index contributed by atoms with van der Waals surface area (Å²) >= 11 is 0. The number of carbonyl (C=O) groups is 2. The number of nitrogens with one attached hydrogen (secondary N) is 1. The number of carbonyl (C=O) groups excluding carboxylic acids is 2. The number of hydrogen-bond acceptors (Lipinski definition) is 9. The van der Waals surface area contributed by atoms with Gasteiger partial charge in [-0.3, -0.25) is 4.79 Å². The number of aromatic nitrogens is 5. The van der Waals surface area contributed by atoms with E-state index < -0.39 is 5.97 Å². The average Bonchev–Trinajstić information content (AvgIpc) is 3.48. The fourth-order valence-electron chi connectivity index (χ4n) is 2.75. The van der Waals surface area contributed by atoms with E-state index in [0.717, 1.165) is 0 Å². The van der Waals surface area contributed by atoms with Crippen molar-refractivity contribution in [3.63, 3.8) is 0 Å². The molecule has 0 fully saturated rings. The van der Waals surface area contributed by atoms with E-state index in [-0.39, 0.29) is 36.3 Å². The van der Waals surface area contributed by atoms with Crippen LogP contribution in [0.2, 0.25) is 0 Å². The molecule has 11 heteroatoms. The van der Waals surface area contributed by atoms with Crippen molar-refractivity contribution >= 4 is 17.6 Å². The highest BCUT2D eigenvalue weighted by atomic mass is 16.6. The molecule has 4 aromatic rings. The number of amides is 1. The third kappa shape index (κ3) is 4.95. The minimum Gasteiger partial charge on any atom is -0.495 e. The van der Waals surface area contributed by atoms with Crippen molar-refractivity contribution in [3.05, 3.63) is 78.2 Å². The van der Waals surface area contributed by atoms with Gasteiger partial charge in [0.15, 0.2) is 18.1 Å². The molecule has 0 bridgehead atoms. The van der Waals surface area contributed by atoms with Gasteiger partial charge in [-0.25, -0.2) is 4.79 Å². The number of nitrogens with zero attached hydrogens (tertiary/aromatic N) is 5. The van der Waals surface area contributed by atoms with Gasteiger partial charge in [-0.15, -0.1) is 5.10 Å². The molecular formula is C21H18N6O5. The highest BCUT2D eigenvalue weighted by molar-refractivity contribution is 5.93. The molecule has 0 saturated carbocycles. The molecule has 0 spiro atoms. The molecule has 11 nitrogen and oxygen atoms in total. The molecule has 0 aliphatic heterocycles. The Balaban J connectivity index is 1.30. The molecule has 1 amide bonds. The lowest BCUT2D eigenvalue weighted by atomic mass is 10.2. The summed E-state index contributed by atoms with van der Waals surface area (Å²) in [5.74, 6) is -0.310. The fourth-order valence-corrected chi connectivity index (χ4v) is 2.75. The number of hydrogen-bond donors (Lipinski definition) is 1. The van der Waals surface area contributed by atoms with E-state index in [1.54, 1.807) is 36.4 Å². The summed E-state index contributed by atoms with van der Waals surface area (Å²) in [6.45, 7) is -0.266. The number of anilines is 1. The Morgan fingerprint density at radius 1 is 1.09 bits per heavy atom. The predicted octanol–water partition coefficient (Wildman–Crippen LogP) is 2.20. The third-order valence-corrected chi connectivity index (χ3v) is 4.22. The summed E-state index contributed by atoms with van der Waals surface area (Å²) in [5.41, 5.74) is 1.27. The van der Waals surface area contributed by atoms with Gasteiger partial charge < -0.3 is 19.3 Å². The topological polar surface area (TPSA) is 134 Å². The van der Waals surface area contributed by atoms with Crippen molar-refractivity contribution in [2.45, 2.75) is 13.0 Å². The van der Waals surface area contributed by atoms with Crippen molar-refractivity contribution in [2.24, 2.45) is 0 Å². The molecule has 0 atom stereocenters. The summed E-state index contributed by atoms with van der Waals surface area (Å²) in [6, 6.07) is 16.2. The first-order valence-corrected chi connectivity index (χ1v) is 9.51. The first kappa shape index (κ1) is 20.7. The molecule has 2 aromatic heterocycles. The van der Waals surface area contributed by atoms with E-state index in [1.807, 2.05) is 18.2 Å². The van der Waals surface area contributed by atoms with Gasteiger partial charge in [-0.1, -0.05) is 35.5 Å². The Hall–Kier alpha value is -4.54. The van der Waals surface area contributed by atoms with Crippen LogP contribution in [0.15, 0.2) is 65.3 Å². The van der Waals surface area contributed by atoms with Crippen LogP contribution in [0.5, 0.6) is 5.75 Å². The normalized spacial score (nSPS) is 10.5. The smallest absolute Gasteiger partial charge is 0.361 e. The van der Waals surface area contributed by atoms with Crippen LogP contribution in [-0.2, 0) is 22.6 Å². The lowest BCUT2D eigenvalue weighted by molar-refractivity contribution is -0.115. The largest absolute Gasteiger partial charge is 0.495 e. The lowest BCUT2D eigenvalue weighted by Gasteiger charge is -2.08. The summed E-state index contributed by atoms with van der Waals surface area (Å²) in [7, 11) is 1.51. The average molecular weight is 434 g/mol. The molecule has 0 radical (unpaired) electrons. The molecule has 32 heavy (non-hydrogen) atoms. The van der Waals surface area contributed by atoms with Gasteiger partial charge in [0.1, 0.15) is 5.75 Å². The monoisotopic (exact) mass is 434 g/mol. The van der Waals surface area contributed by atoms with Crippen LogP contribution < -0.4 is 10.1 Å². The van der Waals surface area contributed by atoms with Crippen molar-refractivity contribution in [1.82, 2.24) is 25.1 Å². The van der Waals surface area contributed by atoms with E-state index in [1.165, 1.54) is 18.1 Å². The zero-order valence-corrected chi connectivity index (χ0v) is 17.0. The highest BCUT2D eigenvalue weighted by Crippen LogP contribution is 2.23. The maximum Gasteiger partial charge on any atom is 0.361 e. The van der Waals surface area contributed by atoms with Gasteiger partial charge in [-0.2, -0.15) is 14.9 Å². The highest BCUT2D eigenvalue weighted by Gasteiger charge is 2.17. The van der Waals surface area contributed by atoms with E-state index in [2.05, 4.69) is 25.7 Å². The van der Waals surface area contributed by atoms with Gasteiger partial charge in [-0.05, 0) is 24.3 Å². The number of ether oxygens (including phenoxy) is 2. The third-order valence-electron chi connectivity index (χ3n) is 4.22. The molecule has 0 aliphatic rings. The van der Waals surface area contributed by atoms with Gasteiger partial charge in [0, 0.05) is 0 Å². The lowest BCUT2D eigenvalue weighted by Crippen LogP contribution is -2.15. The molecule has 2 aromatic carbocycles. The number of benzene rings is 2. The summed E-state index contributed by atoms with van der Waals surface area (Å²) in [5, 5.41) is 14.6. The second-order valence-corrected chi connectivity index (χ2v) is 6.46. The van der Waals surface area contributed by atoms with Gasteiger partial charge in [0.2, 0.25) is 5.91 Å². The number of rotatable bonds is 8. The van der Waals surface area contributed by atoms with Gasteiger partial charge in [0.25, 0.3) is 5.89 Å². The SMILES string of the molecule is COc1ccccc1NC(=O)Cc1noc(COC(=O)c2cnn(-c3ccccc3)n2)n1. The Kier molecular flexibility index (Phi) is 6.16. The Morgan fingerprint density at radius 3 is 2.69 bits per heavy atom. The second-order valence-electron chi connectivity index (χ2n) is 6.46. The zero-order valence-electron chi connectivity index (χ0n) is 17.0. The maximum absolute atomic E-state index is 12.2. The van der Waals surface area contributed by atoms with Crippen LogP contribution in [0.4, 0.5) is 5.69 Å². The molecule has 0 unspecified atom stereocenters. The Morgan fingerprint density at radius 2 is 1.88 bits per heavy atom. The summed E-state index contributed by atoms with van der Waals surface area (Å²) in [6.07, 6.45) is 1.18. The minimum absolute atomic E-state index is 0.0322. The van der Waals surface area contributed by atoms with Crippen LogP contribution in [0.25, 0.3) is 5.69 Å². The Bertz CT molecular complexity index is 1220. The molecule has 0 saturated heterocycles. The van der Waals surface area contributed by atoms with Crippen molar-refractivity contribution < 1.29 is 23.6 Å². The van der Waals surface area contributed by atoms with E-state index in [4.69, 9.17) is 14.0 Å².